The van der Waals surface area contributed by atoms with Crippen molar-refractivity contribution in [1.82, 2.24) is 0 Å². The molecule has 3 nitrogen and oxygen atoms in total. The van der Waals surface area contributed by atoms with Crippen molar-refractivity contribution in [2.24, 2.45) is 0 Å². The van der Waals surface area contributed by atoms with Crippen LogP contribution < -0.4 is 0 Å². The van der Waals surface area contributed by atoms with E-state index in [2.05, 4.69) is 23.1 Å². The maximum Gasteiger partial charge on any atom is 0.500 e. The fraction of sp³-hybridized carbons (Fsp3) is 1.00. The molecule has 2 atom stereocenters. The molecule has 0 N–H and O–H groups in total. The largest absolute Gasteiger partial charge is 0.500 e. The van der Waals surface area contributed by atoms with Gasteiger partial charge in [-0.05, 0) is 18.0 Å². The first-order chi connectivity index (χ1) is 6.45. The van der Waals surface area contributed by atoms with E-state index in [4.69, 9.17) is 13.3 Å². The van der Waals surface area contributed by atoms with Crippen molar-refractivity contribution in [1.29, 1.82) is 0 Å². The highest BCUT2D eigenvalue weighted by atomic mass is 31.0. The number of hydrogen-bond donors (Lipinski definition) is 0. The molecule has 0 saturated carbocycles. The molecule has 0 amide bonds. The maximum atomic E-state index is 5.36. The van der Waals surface area contributed by atoms with Crippen LogP contribution in [0, 0.1) is 0 Å². The van der Waals surface area contributed by atoms with E-state index < -0.39 is 8.80 Å². The van der Waals surface area contributed by atoms with Gasteiger partial charge in [0, 0.05) is 27.4 Å². The third-order valence-corrected chi connectivity index (χ3v) is 6.17. The van der Waals surface area contributed by atoms with Crippen LogP contribution in [0.15, 0.2) is 0 Å². The Balaban J connectivity index is 4.19. The van der Waals surface area contributed by atoms with Gasteiger partial charge in [0.2, 0.25) is 0 Å². The SMILES string of the molecule is CCC(C)(P)CC[Si](OC)(OC)OC. The molecule has 0 fully saturated rings. The van der Waals surface area contributed by atoms with Crippen LogP contribution in [0.25, 0.3) is 0 Å². The van der Waals surface area contributed by atoms with Gasteiger partial charge in [0.05, 0.1) is 0 Å². The predicted octanol–water partition coefficient (Wildman–Crippen LogP) is 2.30. The zero-order valence-electron chi connectivity index (χ0n) is 9.92. The van der Waals surface area contributed by atoms with Gasteiger partial charge in [0.1, 0.15) is 0 Å². The molecule has 0 aliphatic carbocycles. The lowest BCUT2D eigenvalue weighted by Crippen LogP contribution is -2.43. The Labute approximate surface area is 91.1 Å². The molecule has 0 aromatic rings. The molecular formula is C9H23O3PSi. The molecule has 0 saturated heterocycles. The second-order valence-electron chi connectivity index (χ2n) is 3.80. The smallest absolute Gasteiger partial charge is 0.377 e. The third kappa shape index (κ3) is 4.37. The van der Waals surface area contributed by atoms with Crippen LogP contribution in [0.2, 0.25) is 6.04 Å². The van der Waals surface area contributed by atoms with Crippen LogP contribution in [-0.4, -0.2) is 35.3 Å². The molecule has 86 valence electrons. The van der Waals surface area contributed by atoms with Crippen molar-refractivity contribution in [3.05, 3.63) is 0 Å². The average molecular weight is 238 g/mol. The van der Waals surface area contributed by atoms with E-state index in [1.165, 1.54) is 0 Å². The molecule has 0 spiro atoms. The molecule has 0 radical (unpaired) electrons. The molecule has 0 aliphatic heterocycles. The lowest BCUT2D eigenvalue weighted by atomic mass is 10.1. The minimum atomic E-state index is -2.36. The quantitative estimate of drug-likeness (QED) is 0.503. The summed E-state index contributed by atoms with van der Waals surface area (Å²) in [5.74, 6) is 0. The summed E-state index contributed by atoms with van der Waals surface area (Å²) >= 11 is 0. The molecule has 0 aromatic carbocycles. The van der Waals surface area contributed by atoms with E-state index in [1.807, 2.05) is 0 Å². The topological polar surface area (TPSA) is 27.7 Å². The molecule has 0 heterocycles. The van der Waals surface area contributed by atoms with Crippen molar-refractivity contribution >= 4 is 18.0 Å². The van der Waals surface area contributed by atoms with Gasteiger partial charge in [-0.3, -0.25) is 0 Å². The zero-order valence-corrected chi connectivity index (χ0v) is 12.1. The lowest BCUT2D eigenvalue weighted by molar-refractivity contribution is 0.122. The van der Waals surface area contributed by atoms with Crippen molar-refractivity contribution in [2.75, 3.05) is 21.3 Å². The minimum Gasteiger partial charge on any atom is -0.377 e. The lowest BCUT2D eigenvalue weighted by Gasteiger charge is -2.29. The molecule has 0 rings (SSSR count). The van der Waals surface area contributed by atoms with Gasteiger partial charge in [-0.1, -0.05) is 13.8 Å². The van der Waals surface area contributed by atoms with Crippen molar-refractivity contribution in [3.63, 3.8) is 0 Å². The van der Waals surface area contributed by atoms with E-state index in [0.29, 0.717) is 0 Å². The first-order valence-corrected chi connectivity index (χ1v) is 7.40. The average Bonchev–Trinajstić information content (AvgIpc) is 2.21. The van der Waals surface area contributed by atoms with E-state index in [-0.39, 0.29) is 5.16 Å². The number of hydrogen-bond acceptors (Lipinski definition) is 3. The summed E-state index contributed by atoms with van der Waals surface area (Å²) in [5.41, 5.74) is 0. The van der Waals surface area contributed by atoms with Gasteiger partial charge in [0.15, 0.2) is 0 Å². The van der Waals surface area contributed by atoms with Crippen LogP contribution >= 0.6 is 9.24 Å². The highest BCUT2D eigenvalue weighted by Gasteiger charge is 2.38. The Hall–Kier alpha value is 0.527. The predicted molar refractivity (Wildman–Crippen MR) is 64.6 cm³/mol. The van der Waals surface area contributed by atoms with Crippen molar-refractivity contribution < 1.29 is 13.3 Å². The van der Waals surface area contributed by atoms with Crippen molar-refractivity contribution in [2.45, 2.75) is 37.9 Å². The van der Waals surface area contributed by atoms with Crippen LogP contribution in [0.1, 0.15) is 26.7 Å². The monoisotopic (exact) mass is 238 g/mol. The summed E-state index contributed by atoms with van der Waals surface area (Å²) in [6.07, 6.45) is 2.16. The summed E-state index contributed by atoms with van der Waals surface area (Å²) < 4.78 is 16.1. The standard InChI is InChI=1S/C9H23O3PSi/c1-6-9(2,13)7-8-14(10-3,11-4)12-5/h6-8,13H2,1-5H3. The molecule has 14 heavy (non-hydrogen) atoms. The summed E-state index contributed by atoms with van der Waals surface area (Å²) in [6, 6.07) is 0.865. The molecule has 0 bridgehead atoms. The molecule has 2 unspecified atom stereocenters. The summed E-state index contributed by atoms with van der Waals surface area (Å²) in [6.45, 7) is 4.40. The van der Waals surface area contributed by atoms with Gasteiger partial charge < -0.3 is 13.3 Å². The van der Waals surface area contributed by atoms with Gasteiger partial charge in [-0.15, -0.1) is 9.24 Å². The van der Waals surface area contributed by atoms with Crippen LogP contribution in [-0.2, 0) is 13.3 Å². The van der Waals surface area contributed by atoms with Crippen molar-refractivity contribution in [3.8, 4) is 0 Å². The van der Waals surface area contributed by atoms with Gasteiger partial charge in [0.25, 0.3) is 0 Å². The second kappa shape index (κ2) is 6.18. The zero-order chi connectivity index (χ0) is 11.2. The molecule has 0 aliphatic rings. The minimum absolute atomic E-state index is 0.258. The first-order valence-electron chi connectivity index (χ1n) is 4.89. The maximum absolute atomic E-state index is 5.36. The Morgan fingerprint density at radius 2 is 1.57 bits per heavy atom. The second-order valence-corrected chi connectivity index (χ2v) is 8.29. The van der Waals surface area contributed by atoms with E-state index in [9.17, 15) is 0 Å². The van der Waals surface area contributed by atoms with E-state index in [0.717, 1.165) is 18.9 Å². The van der Waals surface area contributed by atoms with Gasteiger partial charge in [-0.2, -0.15) is 0 Å². The molecular weight excluding hydrogens is 215 g/mol. The molecule has 0 aromatic heterocycles. The highest BCUT2D eigenvalue weighted by molar-refractivity contribution is 7.18. The Morgan fingerprint density at radius 3 is 1.86 bits per heavy atom. The third-order valence-electron chi connectivity index (χ3n) is 2.74. The van der Waals surface area contributed by atoms with E-state index >= 15 is 0 Å². The van der Waals surface area contributed by atoms with Crippen LogP contribution in [0.3, 0.4) is 0 Å². The Kier molecular flexibility index (Phi) is 6.42. The van der Waals surface area contributed by atoms with Gasteiger partial charge >= 0.3 is 8.80 Å². The first kappa shape index (κ1) is 14.5. The number of rotatable bonds is 7. The Bertz CT molecular complexity index is 152. The fourth-order valence-corrected chi connectivity index (χ4v) is 3.59. The highest BCUT2D eigenvalue weighted by Crippen LogP contribution is 2.31. The molecule has 5 heteroatoms. The van der Waals surface area contributed by atoms with Crippen LogP contribution in [0.4, 0.5) is 0 Å². The Morgan fingerprint density at radius 1 is 1.14 bits per heavy atom. The fourth-order valence-electron chi connectivity index (χ4n) is 1.17. The van der Waals surface area contributed by atoms with Crippen LogP contribution in [0.5, 0.6) is 0 Å². The summed E-state index contributed by atoms with van der Waals surface area (Å²) in [4.78, 5) is 0. The summed E-state index contributed by atoms with van der Waals surface area (Å²) in [7, 11) is 5.51. The summed E-state index contributed by atoms with van der Waals surface area (Å²) in [5, 5.41) is 0.258. The van der Waals surface area contributed by atoms with E-state index in [1.54, 1.807) is 21.3 Å². The van der Waals surface area contributed by atoms with Gasteiger partial charge in [-0.25, -0.2) is 0 Å². The normalized spacial score (nSPS) is 16.7.